The molecule has 22 heavy (non-hydrogen) atoms. The van der Waals surface area contributed by atoms with E-state index >= 15 is 0 Å². The first-order valence-corrected chi connectivity index (χ1v) is 7.38. The summed E-state index contributed by atoms with van der Waals surface area (Å²) in [7, 11) is 0. The number of hydrogen-bond acceptors (Lipinski definition) is 3. The Kier molecular flexibility index (Phi) is 5.81. The number of aryl methyl sites for hydroxylation is 1. The lowest BCUT2D eigenvalue weighted by atomic mass is 10.2. The largest absolute Gasteiger partial charge is 0.376 e. The van der Waals surface area contributed by atoms with Gasteiger partial charge >= 0.3 is 0 Å². The lowest BCUT2D eigenvalue weighted by molar-refractivity contribution is -0.119. The van der Waals surface area contributed by atoms with Crippen molar-refractivity contribution in [2.45, 2.75) is 6.92 Å². The van der Waals surface area contributed by atoms with Gasteiger partial charge < -0.3 is 5.32 Å². The van der Waals surface area contributed by atoms with E-state index in [0.717, 1.165) is 16.8 Å². The molecule has 2 rings (SSSR count). The summed E-state index contributed by atoms with van der Waals surface area (Å²) >= 11 is 11.9. The zero-order valence-electron chi connectivity index (χ0n) is 11.9. The summed E-state index contributed by atoms with van der Waals surface area (Å²) in [5, 5.41) is 8.15. The number of rotatable bonds is 5. The number of carbonyl (C=O) groups excluding carboxylic acids is 1. The third-order valence-electron chi connectivity index (χ3n) is 2.93. The van der Waals surface area contributed by atoms with Gasteiger partial charge in [0.25, 0.3) is 5.91 Å². The number of hydrazone groups is 1. The second kappa shape index (κ2) is 7.82. The average Bonchev–Trinajstić information content (AvgIpc) is 2.48. The van der Waals surface area contributed by atoms with Gasteiger partial charge in [-0.1, -0.05) is 41.4 Å². The normalized spacial score (nSPS) is 10.7. The van der Waals surface area contributed by atoms with Gasteiger partial charge in [-0.3, -0.25) is 4.79 Å². The van der Waals surface area contributed by atoms with E-state index in [1.54, 1.807) is 12.1 Å². The van der Waals surface area contributed by atoms with Crippen molar-refractivity contribution in [3.05, 3.63) is 63.6 Å². The third-order valence-corrected chi connectivity index (χ3v) is 3.51. The van der Waals surface area contributed by atoms with Gasteiger partial charge in [0.1, 0.15) is 0 Å². The first kappa shape index (κ1) is 16.3. The molecule has 0 saturated heterocycles. The highest BCUT2D eigenvalue weighted by molar-refractivity contribution is 6.33. The van der Waals surface area contributed by atoms with E-state index in [0.29, 0.717) is 10.0 Å². The van der Waals surface area contributed by atoms with E-state index in [9.17, 15) is 4.79 Å². The van der Waals surface area contributed by atoms with Crippen molar-refractivity contribution in [2.75, 3.05) is 11.9 Å². The SMILES string of the molecule is Cc1cc(Cl)ccc1NCC(=O)NN=Cc1ccccc1Cl. The molecule has 0 spiro atoms. The topological polar surface area (TPSA) is 53.5 Å². The molecule has 2 N–H and O–H groups in total. The van der Waals surface area contributed by atoms with Gasteiger partial charge in [0.2, 0.25) is 0 Å². The summed E-state index contributed by atoms with van der Waals surface area (Å²) < 4.78 is 0. The summed E-state index contributed by atoms with van der Waals surface area (Å²) in [6, 6.07) is 12.7. The maximum absolute atomic E-state index is 11.7. The Bertz CT molecular complexity index is 702. The number of benzene rings is 2. The molecule has 0 saturated carbocycles. The van der Waals surface area contributed by atoms with Crippen molar-refractivity contribution in [3.63, 3.8) is 0 Å². The minimum Gasteiger partial charge on any atom is -0.376 e. The number of halogens is 2. The maximum atomic E-state index is 11.7. The first-order valence-electron chi connectivity index (χ1n) is 6.63. The highest BCUT2D eigenvalue weighted by Crippen LogP contribution is 2.19. The fourth-order valence-electron chi connectivity index (χ4n) is 1.79. The van der Waals surface area contributed by atoms with E-state index in [1.807, 2.05) is 37.3 Å². The molecule has 0 radical (unpaired) electrons. The van der Waals surface area contributed by atoms with Crippen molar-refractivity contribution in [1.82, 2.24) is 5.43 Å². The minimum absolute atomic E-state index is 0.113. The van der Waals surface area contributed by atoms with Crippen LogP contribution in [0.1, 0.15) is 11.1 Å². The van der Waals surface area contributed by atoms with Crippen LogP contribution in [0.5, 0.6) is 0 Å². The summed E-state index contributed by atoms with van der Waals surface area (Å²) in [5.41, 5.74) is 5.01. The highest BCUT2D eigenvalue weighted by Gasteiger charge is 2.02. The fraction of sp³-hybridized carbons (Fsp3) is 0.125. The van der Waals surface area contributed by atoms with Gasteiger partial charge in [0, 0.05) is 21.3 Å². The van der Waals surface area contributed by atoms with Gasteiger partial charge in [0.05, 0.1) is 12.8 Å². The monoisotopic (exact) mass is 335 g/mol. The zero-order valence-corrected chi connectivity index (χ0v) is 13.4. The van der Waals surface area contributed by atoms with E-state index in [1.165, 1.54) is 6.21 Å². The number of amides is 1. The Balaban J connectivity index is 1.84. The third kappa shape index (κ3) is 4.76. The van der Waals surface area contributed by atoms with E-state index in [-0.39, 0.29) is 12.5 Å². The Morgan fingerprint density at radius 3 is 2.73 bits per heavy atom. The second-order valence-electron chi connectivity index (χ2n) is 4.63. The fourth-order valence-corrected chi connectivity index (χ4v) is 2.21. The predicted octanol–water partition coefficient (Wildman–Crippen LogP) is 3.86. The summed E-state index contributed by atoms with van der Waals surface area (Å²) in [4.78, 5) is 11.7. The van der Waals surface area contributed by atoms with Crippen LogP contribution in [0.4, 0.5) is 5.69 Å². The van der Waals surface area contributed by atoms with Crippen LogP contribution in [0.15, 0.2) is 47.6 Å². The minimum atomic E-state index is -0.252. The van der Waals surface area contributed by atoms with Crippen LogP contribution in [-0.4, -0.2) is 18.7 Å². The molecule has 2 aromatic carbocycles. The molecule has 114 valence electrons. The molecule has 4 nitrogen and oxygen atoms in total. The summed E-state index contributed by atoms with van der Waals surface area (Å²) in [5.74, 6) is -0.252. The van der Waals surface area contributed by atoms with Crippen LogP contribution in [0.3, 0.4) is 0 Å². The Morgan fingerprint density at radius 1 is 1.23 bits per heavy atom. The quantitative estimate of drug-likeness (QED) is 0.643. The van der Waals surface area contributed by atoms with Gasteiger partial charge in [-0.15, -0.1) is 0 Å². The van der Waals surface area contributed by atoms with Gasteiger partial charge in [-0.25, -0.2) is 5.43 Å². The first-order chi connectivity index (χ1) is 10.6. The van der Waals surface area contributed by atoms with Crippen molar-refractivity contribution >= 4 is 41.0 Å². The maximum Gasteiger partial charge on any atom is 0.259 e. The van der Waals surface area contributed by atoms with Crippen LogP contribution < -0.4 is 10.7 Å². The van der Waals surface area contributed by atoms with Crippen LogP contribution in [0, 0.1) is 6.92 Å². The molecule has 1 amide bonds. The number of carbonyl (C=O) groups is 1. The molecule has 0 fully saturated rings. The molecule has 0 aliphatic heterocycles. The van der Waals surface area contributed by atoms with Crippen molar-refractivity contribution in [2.24, 2.45) is 5.10 Å². The lowest BCUT2D eigenvalue weighted by Gasteiger charge is -2.08. The molecule has 0 unspecified atom stereocenters. The summed E-state index contributed by atoms with van der Waals surface area (Å²) in [6.45, 7) is 2.03. The van der Waals surface area contributed by atoms with Crippen molar-refractivity contribution in [3.8, 4) is 0 Å². The van der Waals surface area contributed by atoms with Gasteiger partial charge in [-0.05, 0) is 36.8 Å². The zero-order chi connectivity index (χ0) is 15.9. The second-order valence-corrected chi connectivity index (χ2v) is 5.47. The molecule has 0 atom stereocenters. The molecule has 0 bridgehead atoms. The molecule has 0 aliphatic carbocycles. The van der Waals surface area contributed by atoms with Gasteiger partial charge in [-0.2, -0.15) is 5.10 Å². The number of anilines is 1. The lowest BCUT2D eigenvalue weighted by Crippen LogP contribution is -2.26. The number of nitrogens with one attached hydrogen (secondary N) is 2. The molecular formula is C16H15Cl2N3O. The molecule has 0 heterocycles. The highest BCUT2D eigenvalue weighted by atomic mass is 35.5. The van der Waals surface area contributed by atoms with E-state index in [4.69, 9.17) is 23.2 Å². The van der Waals surface area contributed by atoms with Crippen molar-refractivity contribution < 1.29 is 4.79 Å². The standard InChI is InChI=1S/C16H15Cl2N3O/c1-11-8-13(17)6-7-15(11)19-10-16(22)21-20-9-12-4-2-3-5-14(12)18/h2-9,19H,10H2,1H3,(H,21,22). The Hall–Kier alpha value is -2.04. The average molecular weight is 336 g/mol. The molecule has 2 aromatic rings. The molecule has 0 aliphatic rings. The summed E-state index contributed by atoms with van der Waals surface area (Å²) in [6.07, 6.45) is 1.51. The van der Waals surface area contributed by atoms with Crippen LogP contribution >= 0.6 is 23.2 Å². The number of nitrogens with zero attached hydrogens (tertiary/aromatic N) is 1. The van der Waals surface area contributed by atoms with E-state index in [2.05, 4.69) is 15.8 Å². The Morgan fingerprint density at radius 2 is 2.00 bits per heavy atom. The van der Waals surface area contributed by atoms with Crippen LogP contribution in [-0.2, 0) is 4.79 Å². The van der Waals surface area contributed by atoms with Crippen LogP contribution in [0.2, 0.25) is 10.0 Å². The Labute approximate surface area is 139 Å². The van der Waals surface area contributed by atoms with Crippen molar-refractivity contribution in [1.29, 1.82) is 0 Å². The number of hydrogen-bond donors (Lipinski definition) is 2. The van der Waals surface area contributed by atoms with E-state index < -0.39 is 0 Å². The molecule has 6 heteroatoms. The van der Waals surface area contributed by atoms with Crippen LogP contribution in [0.25, 0.3) is 0 Å². The molecular weight excluding hydrogens is 321 g/mol. The molecule has 0 aromatic heterocycles. The smallest absolute Gasteiger partial charge is 0.259 e. The predicted molar refractivity (Wildman–Crippen MR) is 91.9 cm³/mol. The van der Waals surface area contributed by atoms with Gasteiger partial charge in [0.15, 0.2) is 0 Å².